The number of hydrogen-bond donors (Lipinski definition) is 2. The van der Waals surface area contributed by atoms with E-state index in [2.05, 4.69) is 6.92 Å². The van der Waals surface area contributed by atoms with Gasteiger partial charge in [0.05, 0.1) is 0 Å². The van der Waals surface area contributed by atoms with Crippen LogP contribution in [-0.4, -0.2) is 23.4 Å². The first-order valence-corrected chi connectivity index (χ1v) is 11.6. The Morgan fingerprint density at radius 3 is 1.04 bits per heavy atom. The van der Waals surface area contributed by atoms with Crippen molar-refractivity contribution in [3.8, 4) is 0 Å². The van der Waals surface area contributed by atoms with E-state index in [-0.39, 0.29) is 31.0 Å². The Labute approximate surface area is 185 Å². The molecule has 0 aromatic carbocycles. The SMILES string of the molecule is CCCCCCCCCCCCCCCCCCCl.O=S(=O)(O)O.[H-].[Na+]. The van der Waals surface area contributed by atoms with Gasteiger partial charge in [-0.25, -0.2) is 0 Å². The van der Waals surface area contributed by atoms with Crippen molar-refractivity contribution in [3.05, 3.63) is 0 Å². The standard InChI is InChI=1S/C18H37Cl.Na.H2O4S.H/c1-2-3-4-5-6-7-8-9-10-11-12-13-14-15-16-17-18-19;;1-5(2,3)4;/h2-18H2,1H3;;(H2,1,2,3,4);/q;+1;;-1. The van der Waals surface area contributed by atoms with Crippen LogP contribution in [0.1, 0.15) is 111 Å². The molecule has 0 saturated carbocycles. The van der Waals surface area contributed by atoms with Crippen LogP contribution in [0, 0.1) is 0 Å². The summed E-state index contributed by atoms with van der Waals surface area (Å²) < 4.78 is 31.6. The van der Waals surface area contributed by atoms with Crippen molar-refractivity contribution in [2.75, 3.05) is 5.88 Å². The molecule has 0 bridgehead atoms. The van der Waals surface area contributed by atoms with Crippen LogP contribution in [0.5, 0.6) is 0 Å². The van der Waals surface area contributed by atoms with Crippen LogP contribution >= 0.6 is 11.6 Å². The molecule has 0 aliphatic rings. The maximum Gasteiger partial charge on any atom is 1.00 e. The summed E-state index contributed by atoms with van der Waals surface area (Å²) in [6.07, 6.45) is 22.8. The summed E-state index contributed by atoms with van der Waals surface area (Å²) in [5.41, 5.74) is 0. The molecule has 2 N–H and O–H groups in total. The van der Waals surface area contributed by atoms with E-state index in [1.165, 1.54) is 103 Å². The van der Waals surface area contributed by atoms with E-state index < -0.39 is 10.4 Å². The molecule has 0 rings (SSSR count). The number of alkyl halides is 1. The predicted molar refractivity (Wildman–Crippen MR) is 106 cm³/mol. The van der Waals surface area contributed by atoms with Crippen LogP contribution in [-0.2, 0) is 10.4 Å². The summed E-state index contributed by atoms with van der Waals surface area (Å²) in [5.74, 6) is 0.846. The third-order valence-electron chi connectivity index (χ3n) is 3.99. The second kappa shape index (κ2) is 25.2. The molecule has 0 spiro atoms. The Hall–Kier alpha value is 1.16. The zero-order valence-electron chi connectivity index (χ0n) is 17.5. The molecule has 25 heavy (non-hydrogen) atoms. The number of hydrogen-bond acceptors (Lipinski definition) is 2. The van der Waals surface area contributed by atoms with Gasteiger partial charge in [-0.1, -0.05) is 103 Å². The van der Waals surface area contributed by atoms with Gasteiger partial charge >= 0.3 is 40.0 Å². The van der Waals surface area contributed by atoms with Crippen molar-refractivity contribution >= 4 is 22.0 Å². The Morgan fingerprint density at radius 1 is 0.640 bits per heavy atom. The van der Waals surface area contributed by atoms with Crippen LogP contribution < -0.4 is 29.6 Å². The molecular weight excluding hydrogens is 371 g/mol. The average molecular weight is 411 g/mol. The molecule has 0 aromatic heterocycles. The zero-order valence-corrected chi connectivity index (χ0v) is 20.1. The van der Waals surface area contributed by atoms with Gasteiger partial charge in [0.25, 0.3) is 0 Å². The van der Waals surface area contributed by atoms with Gasteiger partial charge in [0.15, 0.2) is 0 Å². The first-order chi connectivity index (χ1) is 11.4. The minimum Gasteiger partial charge on any atom is -1.00 e. The first kappa shape index (κ1) is 30.9. The van der Waals surface area contributed by atoms with Crippen molar-refractivity contribution in [1.82, 2.24) is 0 Å². The Balaban J connectivity index is -0.000000304. The maximum absolute atomic E-state index is 8.74. The van der Waals surface area contributed by atoms with E-state index in [0.717, 1.165) is 5.88 Å². The fourth-order valence-corrected chi connectivity index (χ4v) is 2.83. The molecule has 7 heteroatoms. The molecule has 0 aliphatic heterocycles. The summed E-state index contributed by atoms with van der Waals surface area (Å²) in [6, 6.07) is 0. The van der Waals surface area contributed by atoms with Gasteiger partial charge in [-0.05, 0) is 6.42 Å². The molecule has 0 amide bonds. The van der Waals surface area contributed by atoms with Gasteiger partial charge < -0.3 is 1.43 Å². The van der Waals surface area contributed by atoms with E-state index in [9.17, 15) is 0 Å². The smallest absolute Gasteiger partial charge is 1.00 e. The van der Waals surface area contributed by atoms with Crippen LogP contribution in [0.2, 0.25) is 0 Å². The molecule has 0 unspecified atom stereocenters. The first-order valence-electron chi connectivity index (χ1n) is 9.67. The van der Waals surface area contributed by atoms with Crippen molar-refractivity contribution < 1.29 is 48.5 Å². The van der Waals surface area contributed by atoms with Crippen LogP contribution in [0.15, 0.2) is 0 Å². The second-order valence-corrected chi connectivity index (χ2v) is 7.71. The molecule has 0 saturated heterocycles. The number of rotatable bonds is 16. The molecule has 0 radical (unpaired) electrons. The molecule has 150 valence electrons. The quantitative estimate of drug-likeness (QED) is 0.175. The van der Waals surface area contributed by atoms with E-state index in [1.807, 2.05) is 0 Å². The fourth-order valence-electron chi connectivity index (χ4n) is 2.64. The van der Waals surface area contributed by atoms with E-state index in [0.29, 0.717) is 0 Å². The molecule has 0 aromatic rings. The van der Waals surface area contributed by atoms with Crippen molar-refractivity contribution in [3.63, 3.8) is 0 Å². The third kappa shape index (κ3) is 45.8. The summed E-state index contributed by atoms with van der Waals surface area (Å²) in [4.78, 5) is 0. The van der Waals surface area contributed by atoms with Gasteiger partial charge in [-0.2, -0.15) is 8.42 Å². The summed E-state index contributed by atoms with van der Waals surface area (Å²) in [7, 11) is -4.67. The van der Waals surface area contributed by atoms with E-state index in [4.69, 9.17) is 29.1 Å². The summed E-state index contributed by atoms with van der Waals surface area (Å²) in [5, 5.41) is 0. The van der Waals surface area contributed by atoms with Gasteiger partial charge in [0.2, 0.25) is 0 Å². The van der Waals surface area contributed by atoms with Crippen molar-refractivity contribution in [2.45, 2.75) is 110 Å². The van der Waals surface area contributed by atoms with Crippen LogP contribution in [0.4, 0.5) is 0 Å². The molecule has 0 fully saturated rings. The van der Waals surface area contributed by atoms with Gasteiger partial charge in [0, 0.05) is 5.88 Å². The second-order valence-electron chi connectivity index (χ2n) is 6.44. The van der Waals surface area contributed by atoms with Crippen LogP contribution in [0.3, 0.4) is 0 Å². The monoisotopic (exact) mass is 410 g/mol. The van der Waals surface area contributed by atoms with Gasteiger partial charge in [-0.15, -0.1) is 11.6 Å². The Kier molecular flexibility index (Phi) is 31.1. The minimum atomic E-state index is -4.67. The maximum atomic E-state index is 8.74. The average Bonchev–Trinajstić information content (AvgIpc) is 2.49. The molecule has 4 nitrogen and oxygen atoms in total. The predicted octanol–water partition coefficient (Wildman–Crippen LogP) is 3.95. The van der Waals surface area contributed by atoms with Crippen molar-refractivity contribution in [2.24, 2.45) is 0 Å². The van der Waals surface area contributed by atoms with Crippen molar-refractivity contribution in [1.29, 1.82) is 0 Å². The Bertz CT molecular complexity index is 309. The van der Waals surface area contributed by atoms with E-state index in [1.54, 1.807) is 0 Å². The molecular formula is C18H40ClNaO4S. The van der Waals surface area contributed by atoms with Gasteiger partial charge in [0.1, 0.15) is 0 Å². The van der Waals surface area contributed by atoms with Crippen LogP contribution in [0.25, 0.3) is 0 Å². The van der Waals surface area contributed by atoms with E-state index >= 15 is 0 Å². The third-order valence-corrected chi connectivity index (χ3v) is 4.25. The molecule has 0 atom stereocenters. The topological polar surface area (TPSA) is 74.6 Å². The Morgan fingerprint density at radius 2 is 0.840 bits per heavy atom. The normalized spacial score (nSPS) is 10.7. The van der Waals surface area contributed by atoms with Gasteiger partial charge in [-0.3, -0.25) is 9.11 Å². The molecule has 0 heterocycles. The number of halogens is 1. The largest absolute Gasteiger partial charge is 1.00 e. The number of unbranched alkanes of at least 4 members (excludes halogenated alkanes) is 15. The summed E-state index contributed by atoms with van der Waals surface area (Å²) >= 11 is 5.66. The molecule has 0 aliphatic carbocycles. The zero-order chi connectivity index (χ0) is 18.5. The summed E-state index contributed by atoms with van der Waals surface area (Å²) in [6.45, 7) is 2.29. The fraction of sp³-hybridized carbons (Fsp3) is 1.00. The minimum absolute atomic E-state index is 0.